The molecule has 2 rings (SSSR count). The van der Waals surface area contributed by atoms with E-state index in [-0.39, 0.29) is 13.1 Å². The van der Waals surface area contributed by atoms with Gasteiger partial charge in [0.05, 0.1) is 0 Å². The molecule has 0 fully saturated rings. The zero-order valence-corrected chi connectivity index (χ0v) is 11.0. The summed E-state index contributed by atoms with van der Waals surface area (Å²) >= 11 is 0. The maximum Gasteiger partial charge on any atom is 0.246 e. The third kappa shape index (κ3) is 2.52. The lowest BCUT2D eigenvalue weighted by Crippen LogP contribution is -2.35. The molecule has 104 valence electrons. The summed E-state index contributed by atoms with van der Waals surface area (Å²) in [6.07, 6.45) is 2.24. The normalized spacial score (nSPS) is 17.4. The fourth-order valence-corrected chi connectivity index (χ4v) is 3.25. The van der Waals surface area contributed by atoms with Crippen LogP contribution in [0, 0.1) is 17.5 Å². The van der Waals surface area contributed by atoms with Gasteiger partial charge in [0.15, 0.2) is 17.5 Å². The topological polar surface area (TPSA) is 37.4 Å². The second-order valence-corrected chi connectivity index (χ2v) is 6.24. The van der Waals surface area contributed by atoms with Crippen LogP contribution in [0.1, 0.15) is 13.3 Å². The third-order valence-electron chi connectivity index (χ3n) is 3.02. The molecule has 19 heavy (non-hydrogen) atoms. The molecule has 1 aromatic rings. The molecule has 7 heteroatoms. The Morgan fingerprint density at radius 2 is 1.84 bits per heavy atom. The molecule has 0 amide bonds. The second-order valence-electron chi connectivity index (χ2n) is 4.34. The molecule has 0 N–H and O–H groups in total. The summed E-state index contributed by atoms with van der Waals surface area (Å²) in [6.45, 7) is 2.16. The summed E-state index contributed by atoms with van der Waals surface area (Å²) in [5, 5.41) is 0. The summed E-state index contributed by atoms with van der Waals surface area (Å²) in [5.41, 5.74) is 1.04. The first-order valence-corrected chi connectivity index (χ1v) is 7.07. The highest BCUT2D eigenvalue weighted by atomic mass is 32.2. The van der Waals surface area contributed by atoms with Crippen LogP contribution in [0.25, 0.3) is 0 Å². The predicted molar refractivity (Wildman–Crippen MR) is 63.4 cm³/mol. The lowest BCUT2D eigenvalue weighted by molar-refractivity contribution is 0.410. The minimum atomic E-state index is -4.15. The van der Waals surface area contributed by atoms with E-state index in [9.17, 15) is 21.6 Å². The monoisotopic (exact) mass is 291 g/mol. The van der Waals surface area contributed by atoms with Gasteiger partial charge in [0.2, 0.25) is 10.0 Å². The first-order valence-electron chi connectivity index (χ1n) is 5.63. The zero-order chi connectivity index (χ0) is 14.2. The van der Waals surface area contributed by atoms with Gasteiger partial charge in [-0.25, -0.2) is 21.6 Å². The Morgan fingerprint density at radius 3 is 2.42 bits per heavy atom. The van der Waals surface area contributed by atoms with Crippen molar-refractivity contribution in [3.63, 3.8) is 0 Å². The minimum absolute atomic E-state index is 0.104. The van der Waals surface area contributed by atoms with E-state index in [0.29, 0.717) is 12.5 Å². The Morgan fingerprint density at radius 1 is 1.16 bits per heavy atom. The Labute approximate surface area is 109 Å². The summed E-state index contributed by atoms with van der Waals surface area (Å²) in [4.78, 5) is -0.834. The van der Waals surface area contributed by atoms with Gasteiger partial charge in [0, 0.05) is 13.1 Å². The molecular formula is C12H12F3NO2S. The van der Waals surface area contributed by atoms with Crippen LogP contribution in [-0.2, 0) is 10.0 Å². The Hall–Kier alpha value is -1.34. The molecule has 1 aromatic carbocycles. The van der Waals surface area contributed by atoms with Gasteiger partial charge in [-0.15, -0.1) is 0 Å². The van der Waals surface area contributed by atoms with Crippen molar-refractivity contribution in [2.24, 2.45) is 0 Å². The van der Waals surface area contributed by atoms with E-state index in [4.69, 9.17) is 0 Å². The van der Waals surface area contributed by atoms with E-state index >= 15 is 0 Å². The van der Waals surface area contributed by atoms with Crippen molar-refractivity contribution >= 4 is 10.0 Å². The molecule has 1 heterocycles. The molecule has 0 aliphatic carbocycles. The van der Waals surface area contributed by atoms with Crippen molar-refractivity contribution in [1.29, 1.82) is 0 Å². The number of hydrogen-bond donors (Lipinski definition) is 0. The van der Waals surface area contributed by atoms with Crippen molar-refractivity contribution in [2.45, 2.75) is 18.2 Å². The van der Waals surface area contributed by atoms with E-state index in [2.05, 4.69) is 0 Å². The summed E-state index contributed by atoms with van der Waals surface area (Å²) in [5.74, 6) is -4.86. The summed E-state index contributed by atoms with van der Waals surface area (Å²) in [6, 6.07) is 1.35. The highest BCUT2D eigenvalue weighted by Crippen LogP contribution is 2.25. The molecule has 0 spiro atoms. The van der Waals surface area contributed by atoms with Crippen LogP contribution < -0.4 is 0 Å². The summed E-state index contributed by atoms with van der Waals surface area (Å²) < 4.78 is 64.8. The largest absolute Gasteiger partial charge is 0.246 e. The lowest BCUT2D eigenvalue weighted by atomic mass is 10.1. The van der Waals surface area contributed by atoms with Crippen LogP contribution in [0.3, 0.4) is 0 Å². The van der Waals surface area contributed by atoms with Gasteiger partial charge in [0.1, 0.15) is 4.90 Å². The SMILES string of the molecule is CC1=CCN(S(=O)(=O)c2ccc(F)c(F)c2F)CC1. The number of halogens is 3. The van der Waals surface area contributed by atoms with Crippen molar-refractivity contribution in [1.82, 2.24) is 4.31 Å². The van der Waals surface area contributed by atoms with Crippen LogP contribution in [0.4, 0.5) is 13.2 Å². The molecule has 1 aliphatic rings. The minimum Gasteiger partial charge on any atom is -0.207 e. The predicted octanol–water partition coefficient (Wildman–Crippen LogP) is 2.44. The van der Waals surface area contributed by atoms with E-state index < -0.39 is 32.4 Å². The molecular weight excluding hydrogens is 279 g/mol. The second kappa shape index (κ2) is 4.97. The number of rotatable bonds is 2. The molecule has 3 nitrogen and oxygen atoms in total. The third-order valence-corrected chi connectivity index (χ3v) is 4.90. The molecule has 0 unspecified atom stereocenters. The fourth-order valence-electron chi connectivity index (χ4n) is 1.82. The van der Waals surface area contributed by atoms with Gasteiger partial charge in [-0.05, 0) is 25.5 Å². The average Bonchev–Trinajstić information content (AvgIpc) is 2.36. The van der Waals surface area contributed by atoms with Gasteiger partial charge in [0.25, 0.3) is 0 Å². The smallest absolute Gasteiger partial charge is 0.207 e. The van der Waals surface area contributed by atoms with Crippen molar-refractivity contribution in [3.05, 3.63) is 41.2 Å². The molecule has 0 radical (unpaired) electrons. The quantitative estimate of drug-likeness (QED) is 0.620. The maximum atomic E-state index is 13.6. The number of nitrogens with zero attached hydrogens (tertiary/aromatic N) is 1. The maximum absolute atomic E-state index is 13.6. The average molecular weight is 291 g/mol. The fraction of sp³-hybridized carbons (Fsp3) is 0.333. The molecule has 1 aliphatic heterocycles. The molecule has 0 bridgehead atoms. The van der Waals surface area contributed by atoms with E-state index in [0.717, 1.165) is 15.9 Å². The zero-order valence-electron chi connectivity index (χ0n) is 10.2. The van der Waals surface area contributed by atoms with Crippen LogP contribution in [0.5, 0.6) is 0 Å². The van der Waals surface area contributed by atoms with Crippen LogP contribution in [0.15, 0.2) is 28.7 Å². The summed E-state index contributed by atoms with van der Waals surface area (Å²) in [7, 11) is -4.15. The van der Waals surface area contributed by atoms with Crippen LogP contribution in [0.2, 0.25) is 0 Å². The number of sulfonamides is 1. The standard InChI is InChI=1S/C12H12F3NO2S/c1-8-4-6-16(7-5-8)19(17,18)10-3-2-9(13)11(14)12(10)15/h2-4H,5-7H2,1H3. The van der Waals surface area contributed by atoms with Gasteiger partial charge >= 0.3 is 0 Å². The van der Waals surface area contributed by atoms with E-state index in [1.807, 2.05) is 6.92 Å². The number of benzene rings is 1. The Kier molecular flexibility index (Phi) is 3.69. The van der Waals surface area contributed by atoms with Gasteiger partial charge in [-0.1, -0.05) is 11.6 Å². The molecule has 0 aromatic heterocycles. The van der Waals surface area contributed by atoms with Crippen molar-refractivity contribution < 1.29 is 21.6 Å². The van der Waals surface area contributed by atoms with Crippen LogP contribution >= 0.6 is 0 Å². The van der Waals surface area contributed by atoms with Crippen LogP contribution in [-0.4, -0.2) is 25.8 Å². The highest BCUT2D eigenvalue weighted by molar-refractivity contribution is 7.89. The molecule has 0 saturated carbocycles. The van der Waals surface area contributed by atoms with Gasteiger partial charge in [-0.2, -0.15) is 4.31 Å². The first kappa shape index (κ1) is 14.1. The number of hydrogen-bond acceptors (Lipinski definition) is 2. The molecule has 0 saturated heterocycles. The Balaban J connectivity index is 2.44. The Bertz CT molecular complexity index is 641. The van der Waals surface area contributed by atoms with Crippen molar-refractivity contribution in [3.8, 4) is 0 Å². The van der Waals surface area contributed by atoms with E-state index in [1.165, 1.54) is 0 Å². The van der Waals surface area contributed by atoms with E-state index in [1.54, 1.807) is 6.08 Å². The van der Waals surface area contributed by atoms with Gasteiger partial charge < -0.3 is 0 Å². The van der Waals surface area contributed by atoms with Crippen molar-refractivity contribution in [2.75, 3.05) is 13.1 Å². The first-order chi connectivity index (χ1) is 8.84. The van der Waals surface area contributed by atoms with Gasteiger partial charge in [-0.3, -0.25) is 0 Å². The molecule has 0 atom stereocenters. The highest BCUT2D eigenvalue weighted by Gasteiger charge is 2.30. The lowest BCUT2D eigenvalue weighted by Gasteiger charge is -2.24.